The fourth-order valence-electron chi connectivity index (χ4n) is 4.66. The van der Waals surface area contributed by atoms with Crippen LogP contribution < -0.4 is 14.8 Å². The highest BCUT2D eigenvalue weighted by Crippen LogP contribution is 2.30. The second-order valence-electron chi connectivity index (χ2n) is 9.07. The molecule has 3 aromatic rings. The van der Waals surface area contributed by atoms with Gasteiger partial charge in [0.2, 0.25) is 5.91 Å². The Kier molecular flexibility index (Phi) is 8.66. The van der Waals surface area contributed by atoms with Gasteiger partial charge < -0.3 is 19.7 Å². The number of nitrogens with zero attached hydrogens (tertiary/aromatic N) is 1. The van der Waals surface area contributed by atoms with E-state index in [1.807, 2.05) is 42.5 Å². The van der Waals surface area contributed by atoms with Gasteiger partial charge in [0.15, 0.2) is 0 Å². The van der Waals surface area contributed by atoms with Gasteiger partial charge in [-0.3, -0.25) is 9.59 Å². The third-order valence-corrected chi connectivity index (χ3v) is 6.88. The van der Waals surface area contributed by atoms with Crippen LogP contribution in [-0.2, 0) is 11.2 Å². The number of ether oxygens (including phenoxy) is 2. The van der Waals surface area contributed by atoms with Crippen LogP contribution in [-0.4, -0.2) is 44.0 Å². The molecular formula is C29H30ClFN2O4. The van der Waals surface area contributed by atoms with Crippen molar-refractivity contribution in [2.45, 2.75) is 31.6 Å². The topological polar surface area (TPSA) is 67.9 Å². The van der Waals surface area contributed by atoms with Gasteiger partial charge in [0.05, 0.1) is 14.2 Å². The van der Waals surface area contributed by atoms with Crippen LogP contribution in [0.1, 0.15) is 46.7 Å². The van der Waals surface area contributed by atoms with E-state index in [-0.39, 0.29) is 22.4 Å². The number of likely N-dealkylation sites (tertiary alicyclic amines) is 1. The van der Waals surface area contributed by atoms with Gasteiger partial charge in [0, 0.05) is 35.8 Å². The summed E-state index contributed by atoms with van der Waals surface area (Å²) in [6.07, 6.45) is 2.46. The van der Waals surface area contributed by atoms with E-state index in [0.717, 1.165) is 35.6 Å². The van der Waals surface area contributed by atoms with Gasteiger partial charge in [-0.1, -0.05) is 23.7 Å². The Balaban J connectivity index is 1.28. The number of hydrogen-bond acceptors (Lipinski definition) is 4. The highest BCUT2D eigenvalue weighted by molar-refractivity contribution is 6.31. The van der Waals surface area contributed by atoms with E-state index < -0.39 is 5.82 Å². The van der Waals surface area contributed by atoms with E-state index >= 15 is 0 Å². The van der Waals surface area contributed by atoms with Gasteiger partial charge in [-0.25, -0.2) is 4.39 Å². The molecule has 0 saturated carbocycles. The highest BCUT2D eigenvalue weighted by Gasteiger charge is 2.25. The van der Waals surface area contributed by atoms with E-state index in [4.69, 9.17) is 21.1 Å². The van der Waals surface area contributed by atoms with E-state index in [1.165, 1.54) is 23.8 Å². The normalized spacial score (nSPS) is 13.8. The average Bonchev–Trinajstić information content (AvgIpc) is 2.91. The number of rotatable bonds is 8. The number of amides is 2. The summed E-state index contributed by atoms with van der Waals surface area (Å²) in [6.45, 7) is 1.17. The first-order valence-electron chi connectivity index (χ1n) is 12.2. The molecule has 0 aliphatic carbocycles. The lowest BCUT2D eigenvalue weighted by Crippen LogP contribution is -2.38. The zero-order valence-electron chi connectivity index (χ0n) is 20.9. The summed E-state index contributed by atoms with van der Waals surface area (Å²) in [6, 6.07) is 17.3. The Morgan fingerprint density at radius 1 is 1.00 bits per heavy atom. The van der Waals surface area contributed by atoms with Gasteiger partial charge in [0.25, 0.3) is 5.91 Å². The fourth-order valence-corrected chi connectivity index (χ4v) is 4.89. The van der Waals surface area contributed by atoms with Crippen molar-refractivity contribution in [3.63, 3.8) is 0 Å². The fraction of sp³-hybridized carbons (Fsp3) is 0.310. The summed E-state index contributed by atoms with van der Waals surface area (Å²) in [5.74, 6) is 0.959. The van der Waals surface area contributed by atoms with Crippen LogP contribution in [0.4, 0.5) is 10.1 Å². The summed E-state index contributed by atoms with van der Waals surface area (Å²) in [5.41, 5.74) is 3.09. The number of benzene rings is 3. The smallest absolute Gasteiger partial charge is 0.254 e. The molecule has 1 fully saturated rings. The van der Waals surface area contributed by atoms with E-state index in [2.05, 4.69) is 5.32 Å². The van der Waals surface area contributed by atoms with E-state index in [0.29, 0.717) is 31.8 Å². The third-order valence-electron chi connectivity index (χ3n) is 6.67. The molecule has 1 N–H and O–H groups in total. The van der Waals surface area contributed by atoms with Crippen molar-refractivity contribution in [2.75, 3.05) is 32.6 Å². The quantitative estimate of drug-likeness (QED) is 0.387. The van der Waals surface area contributed by atoms with Gasteiger partial charge in [0.1, 0.15) is 17.3 Å². The Morgan fingerprint density at radius 2 is 1.73 bits per heavy atom. The molecule has 0 unspecified atom stereocenters. The summed E-state index contributed by atoms with van der Waals surface area (Å²) in [7, 11) is 3.21. The molecule has 8 heteroatoms. The minimum atomic E-state index is -0.516. The number of aryl methyl sites for hydroxylation is 1. The van der Waals surface area contributed by atoms with Crippen molar-refractivity contribution in [3.05, 3.63) is 88.2 Å². The Morgan fingerprint density at radius 3 is 2.38 bits per heavy atom. The maximum absolute atomic E-state index is 13.6. The van der Waals surface area contributed by atoms with Crippen molar-refractivity contribution in [2.24, 2.45) is 0 Å². The Hall–Kier alpha value is -3.58. The first-order valence-corrected chi connectivity index (χ1v) is 12.6. The molecular weight excluding hydrogens is 495 g/mol. The van der Waals surface area contributed by atoms with Crippen LogP contribution >= 0.6 is 11.6 Å². The zero-order chi connectivity index (χ0) is 26.4. The van der Waals surface area contributed by atoms with Crippen LogP contribution in [0, 0.1) is 5.82 Å². The number of methoxy groups -OCH3 is 2. The molecule has 0 spiro atoms. The molecule has 3 aromatic carbocycles. The number of halogens is 2. The lowest BCUT2D eigenvalue weighted by Gasteiger charge is -2.32. The molecule has 0 atom stereocenters. The lowest BCUT2D eigenvalue weighted by atomic mass is 9.89. The molecule has 6 nitrogen and oxygen atoms in total. The van der Waals surface area contributed by atoms with Crippen molar-refractivity contribution in [1.29, 1.82) is 0 Å². The number of nitrogens with one attached hydrogen (secondary N) is 1. The van der Waals surface area contributed by atoms with Crippen LogP contribution in [0.3, 0.4) is 0 Å². The third kappa shape index (κ3) is 6.80. The van der Waals surface area contributed by atoms with Crippen molar-refractivity contribution >= 4 is 29.1 Å². The van der Waals surface area contributed by atoms with E-state index in [1.54, 1.807) is 19.1 Å². The van der Waals surface area contributed by atoms with Crippen LogP contribution in [0.25, 0.3) is 0 Å². The summed E-state index contributed by atoms with van der Waals surface area (Å²) in [5, 5.41) is 3.17. The molecule has 0 aromatic heterocycles. The van der Waals surface area contributed by atoms with E-state index in [9.17, 15) is 14.0 Å². The molecule has 1 saturated heterocycles. The first kappa shape index (κ1) is 26.5. The van der Waals surface area contributed by atoms with Gasteiger partial charge in [-0.15, -0.1) is 0 Å². The predicted octanol–water partition coefficient (Wildman–Crippen LogP) is 6.09. The number of piperidine rings is 1. The first-order chi connectivity index (χ1) is 17.9. The molecule has 4 rings (SSSR count). The summed E-state index contributed by atoms with van der Waals surface area (Å²) >= 11 is 5.90. The molecule has 1 aliphatic rings. The number of carbonyl (C=O) groups excluding carboxylic acids is 2. The molecule has 0 bridgehead atoms. The lowest BCUT2D eigenvalue weighted by molar-refractivity contribution is -0.116. The maximum Gasteiger partial charge on any atom is 0.254 e. The second-order valence-corrected chi connectivity index (χ2v) is 9.51. The monoisotopic (exact) mass is 524 g/mol. The van der Waals surface area contributed by atoms with Gasteiger partial charge in [-0.05, 0) is 84.8 Å². The molecule has 1 heterocycles. The van der Waals surface area contributed by atoms with Gasteiger partial charge >= 0.3 is 0 Å². The number of hydrogen-bond donors (Lipinski definition) is 1. The molecule has 0 radical (unpaired) electrons. The molecule has 1 aliphatic heterocycles. The Bertz CT molecular complexity index is 1240. The van der Waals surface area contributed by atoms with Crippen LogP contribution in [0.15, 0.2) is 60.7 Å². The average molecular weight is 525 g/mol. The standard InChI is InChI=1S/C29H30ClFN2O4/c1-36-26-8-9-27(37-2)21(17-26)5-10-28(34)32-25-6-3-19(4-7-25)20-11-13-33(14-12-20)29(35)22-15-23(30)18-24(31)16-22/h3-4,6-9,15-18,20H,5,10-14H2,1-2H3,(H,32,34). The number of anilines is 1. The highest BCUT2D eigenvalue weighted by atomic mass is 35.5. The molecule has 2 amide bonds. The summed E-state index contributed by atoms with van der Waals surface area (Å²) < 4.78 is 24.3. The number of carbonyl (C=O) groups is 2. The van der Waals surface area contributed by atoms with Crippen LogP contribution in [0.2, 0.25) is 5.02 Å². The molecule has 37 heavy (non-hydrogen) atoms. The summed E-state index contributed by atoms with van der Waals surface area (Å²) in [4.78, 5) is 27.0. The van der Waals surface area contributed by atoms with Crippen molar-refractivity contribution in [1.82, 2.24) is 4.90 Å². The largest absolute Gasteiger partial charge is 0.497 e. The maximum atomic E-state index is 13.6. The predicted molar refractivity (Wildman–Crippen MR) is 142 cm³/mol. The van der Waals surface area contributed by atoms with Crippen LogP contribution in [0.5, 0.6) is 11.5 Å². The molecule has 194 valence electrons. The minimum absolute atomic E-state index is 0.0816. The van der Waals surface area contributed by atoms with Gasteiger partial charge in [-0.2, -0.15) is 0 Å². The SMILES string of the molecule is COc1ccc(OC)c(CCC(=O)Nc2ccc(C3CCN(C(=O)c4cc(F)cc(Cl)c4)CC3)cc2)c1. The second kappa shape index (κ2) is 12.1. The minimum Gasteiger partial charge on any atom is -0.497 e. The van der Waals surface area contributed by atoms with Crippen molar-refractivity contribution < 1.29 is 23.5 Å². The zero-order valence-corrected chi connectivity index (χ0v) is 21.7. The Labute approximate surface area is 221 Å². The van der Waals surface area contributed by atoms with Crippen molar-refractivity contribution in [3.8, 4) is 11.5 Å².